The van der Waals surface area contributed by atoms with Gasteiger partial charge in [0.1, 0.15) is 0 Å². The minimum Gasteiger partial charge on any atom is -0.310 e. The molecule has 12 rings (SSSR count). The second-order valence-electron chi connectivity index (χ2n) is 16.1. The Labute approximate surface area is 360 Å². The number of thiophene rings is 1. The van der Waals surface area contributed by atoms with Crippen molar-refractivity contribution in [3.63, 3.8) is 0 Å². The zero-order valence-electron chi connectivity index (χ0n) is 33.4. The van der Waals surface area contributed by atoms with E-state index >= 15 is 0 Å². The molecule has 0 fully saturated rings. The summed E-state index contributed by atoms with van der Waals surface area (Å²) in [6.45, 7) is 0. The zero-order chi connectivity index (χ0) is 40.3. The van der Waals surface area contributed by atoms with Gasteiger partial charge in [-0.15, -0.1) is 11.3 Å². The molecule has 1 heterocycles. The van der Waals surface area contributed by atoms with Crippen LogP contribution in [0.5, 0.6) is 0 Å². The van der Waals surface area contributed by atoms with Gasteiger partial charge in [0, 0.05) is 37.2 Å². The lowest BCUT2D eigenvalue weighted by molar-refractivity contribution is 0.768. The maximum absolute atomic E-state index is 2.40. The van der Waals surface area contributed by atoms with Crippen LogP contribution in [0.25, 0.3) is 64.3 Å². The number of hydrogen-bond acceptors (Lipinski definition) is 2. The minimum atomic E-state index is -0.451. The van der Waals surface area contributed by atoms with Gasteiger partial charge in [-0.05, 0) is 127 Å². The predicted molar refractivity (Wildman–Crippen MR) is 260 cm³/mol. The van der Waals surface area contributed by atoms with Crippen molar-refractivity contribution in [1.29, 1.82) is 0 Å². The molecular weight excluding hydrogens is 755 g/mol. The van der Waals surface area contributed by atoms with E-state index in [9.17, 15) is 0 Å². The average Bonchev–Trinajstić information content (AvgIpc) is 3.86. The van der Waals surface area contributed by atoms with E-state index in [0.29, 0.717) is 0 Å². The van der Waals surface area contributed by atoms with E-state index in [4.69, 9.17) is 0 Å². The van der Waals surface area contributed by atoms with Crippen LogP contribution in [0.1, 0.15) is 22.3 Å². The summed E-state index contributed by atoms with van der Waals surface area (Å²) in [4.78, 5) is 2.40. The molecule has 61 heavy (non-hydrogen) atoms. The second kappa shape index (κ2) is 14.3. The highest BCUT2D eigenvalue weighted by Crippen LogP contribution is 2.56. The Bertz CT molecular complexity index is 3350. The van der Waals surface area contributed by atoms with Crippen LogP contribution in [0.15, 0.2) is 237 Å². The number of anilines is 3. The maximum atomic E-state index is 2.40. The van der Waals surface area contributed by atoms with Crippen LogP contribution in [-0.2, 0) is 5.41 Å². The fraction of sp³-hybridized carbons (Fsp3) is 0.0169. The maximum Gasteiger partial charge on any atom is 0.0713 e. The van der Waals surface area contributed by atoms with Crippen molar-refractivity contribution in [2.75, 3.05) is 4.90 Å². The highest BCUT2D eigenvalue weighted by molar-refractivity contribution is 7.25. The van der Waals surface area contributed by atoms with Gasteiger partial charge in [0.05, 0.1) is 5.41 Å². The number of hydrogen-bond donors (Lipinski definition) is 0. The summed E-state index contributed by atoms with van der Waals surface area (Å²) in [6.07, 6.45) is 0. The van der Waals surface area contributed by atoms with Crippen molar-refractivity contribution < 1.29 is 0 Å². The molecule has 0 saturated heterocycles. The van der Waals surface area contributed by atoms with E-state index in [1.807, 2.05) is 11.3 Å². The van der Waals surface area contributed by atoms with Crippen molar-refractivity contribution >= 4 is 59.3 Å². The Morgan fingerprint density at radius 1 is 0.311 bits per heavy atom. The molecule has 0 bridgehead atoms. The third kappa shape index (κ3) is 5.75. The Morgan fingerprint density at radius 2 is 0.803 bits per heavy atom. The fourth-order valence-corrected chi connectivity index (χ4v) is 11.0. The van der Waals surface area contributed by atoms with Gasteiger partial charge < -0.3 is 4.90 Å². The lowest BCUT2D eigenvalue weighted by Gasteiger charge is -2.34. The van der Waals surface area contributed by atoms with Crippen molar-refractivity contribution in [3.8, 4) is 33.4 Å². The first-order chi connectivity index (χ1) is 30.2. The molecule has 286 valence electrons. The second-order valence-corrected chi connectivity index (χ2v) is 17.1. The van der Waals surface area contributed by atoms with Crippen LogP contribution < -0.4 is 4.90 Å². The van der Waals surface area contributed by atoms with Gasteiger partial charge in [0.2, 0.25) is 0 Å². The van der Waals surface area contributed by atoms with Gasteiger partial charge in [-0.1, -0.05) is 176 Å². The molecule has 11 aromatic rings. The lowest BCUT2D eigenvalue weighted by atomic mass is 9.68. The van der Waals surface area contributed by atoms with Gasteiger partial charge >= 0.3 is 0 Å². The largest absolute Gasteiger partial charge is 0.310 e. The lowest BCUT2D eigenvalue weighted by Crippen LogP contribution is -2.28. The Morgan fingerprint density at radius 3 is 1.54 bits per heavy atom. The molecule has 0 amide bonds. The molecule has 2 heteroatoms. The standard InChI is InChI=1S/C59H39NS/c1-3-13-40(14-4-1)42-23-24-44-38-50(33-27-43(44)37-42)60(48-31-25-41(26-32-48)45-28-36-58-54(39-45)53-19-9-12-22-57(53)61-58)49-34-29-47(30-35-49)59(46-15-5-2-6-16-46)55-20-10-7-17-51(55)52-18-8-11-21-56(52)59/h1-39H. The monoisotopic (exact) mass is 793 g/mol. The summed E-state index contributed by atoms with van der Waals surface area (Å²) in [6, 6.07) is 87.3. The molecule has 10 aromatic carbocycles. The molecule has 0 N–H and O–H groups in total. The fourth-order valence-electron chi connectivity index (χ4n) is 9.91. The van der Waals surface area contributed by atoms with Crippen LogP contribution in [0, 0.1) is 0 Å². The number of rotatable bonds is 7. The number of fused-ring (bicyclic) bond motifs is 7. The van der Waals surface area contributed by atoms with Crippen LogP contribution in [0.3, 0.4) is 0 Å². The summed E-state index contributed by atoms with van der Waals surface area (Å²) in [5, 5.41) is 5.06. The van der Waals surface area contributed by atoms with E-state index in [0.717, 1.165) is 17.1 Å². The Balaban J connectivity index is 0.991. The molecule has 0 aliphatic heterocycles. The quantitative estimate of drug-likeness (QED) is 0.155. The summed E-state index contributed by atoms with van der Waals surface area (Å²) >= 11 is 1.86. The Hall–Kier alpha value is -7.52. The molecule has 1 aliphatic carbocycles. The third-order valence-electron chi connectivity index (χ3n) is 12.7. The van der Waals surface area contributed by atoms with Crippen LogP contribution in [0.4, 0.5) is 17.1 Å². The minimum absolute atomic E-state index is 0.451. The normalized spacial score (nSPS) is 12.7. The summed E-state index contributed by atoms with van der Waals surface area (Å²) in [7, 11) is 0. The molecule has 1 nitrogen and oxygen atoms in total. The van der Waals surface area contributed by atoms with E-state index in [1.165, 1.54) is 86.6 Å². The zero-order valence-corrected chi connectivity index (χ0v) is 34.2. The average molecular weight is 794 g/mol. The molecule has 0 saturated carbocycles. The first-order valence-electron chi connectivity index (χ1n) is 21.0. The van der Waals surface area contributed by atoms with Gasteiger partial charge in [-0.3, -0.25) is 0 Å². The molecule has 0 atom stereocenters. The summed E-state index contributed by atoms with van der Waals surface area (Å²) in [5.41, 5.74) is 15.5. The van der Waals surface area contributed by atoms with Crippen LogP contribution in [0.2, 0.25) is 0 Å². The van der Waals surface area contributed by atoms with Crippen molar-refractivity contribution in [2.24, 2.45) is 0 Å². The van der Waals surface area contributed by atoms with Gasteiger partial charge in [-0.25, -0.2) is 0 Å². The van der Waals surface area contributed by atoms with Gasteiger partial charge in [-0.2, -0.15) is 0 Å². The highest BCUT2D eigenvalue weighted by Gasteiger charge is 2.45. The molecule has 0 spiro atoms. The van der Waals surface area contributed by atoms with Crippen molar-refractivity contribution in [3.05, 3.63) is 259 Å². The molecule has 1 aliphatic rings. The number of benzene rings is 10. The van der Waals surface area contributed by atoms with E-state index in [2.05, 4.69) is 241 Å². The summed E-state index contributed by atoms with van der Waals surface area (Å²) in [5.74, 6) is 0. The molecular formula is C59H39NS. The smallest absolute Gasteiger partial charge is 0.0713 e. The highest BCUT2D eigenvalue weighted by atomic mass is 32.1. The number of nitrogens with zero attached hydrogens (tertiary/aromatic N) is 1. The van der Waals surface area contributed by atoms with Crippen molar-refractivity contribution in [1.82, 2.24) is 0 Å². The Kier molecular flexibility index (Phi) is 8.33. The van der Waals surface area contributed by atoms with Crippen molar-refractivity contribution in [2.45, 2.75) is 5.41 Å². The topological polar surface area (TPSA) is 3.24 Å². The summed E-state index contributed by atoms with van der Waals surface area (Å²) < 4.78 is 2.65. The molecule has 1 aromatic heterocycles. The first-order valence-corrected chi connectivity index (χ1v) is 21.8. The SMILES string of the molecule is c1ccc(-c2ccc3cc(N(c4ccc(-c5ccc6sc7ccccc7c6c5)cc4)c4ccc(C5(c6ccccc6)c6ccccc6-c6ccccc65)cc4)ccc3c2)cc1. The van der Waals surface area contributed by atoms with Gasteiger partial charge in [0.15, 0.2) is 0 Å². The first kappa shape index (κ1) is 35.4. The molecule has 0 radical (unpaired) electrons. The predicted octanol–water partition coefficient (Wildman–Crippen LogP) is 16.4. The van der Waals surface area contributed by atoms with Crippen LogP contribution in [-0.4, -0.2) is 0 Å². The van der Waals surface area contributed by atoms with E-state index in [-0.39, 0.29) is 0 Å². The third-order valence-corrected chi connectivity index (χ3v) is 13.9. The van der Waals surface area contributed by atoms with Crippen LogP contribution >= 0.6 is 11.3 Å². The molecule has 0 unspecified atom stereocenters. The van der Waals surface area contributed by atoms with E-state index < -0.39 is 5.41 Å². The van der Waals surface area contributed by atoms with Gasteiger partial charge in [0.25, 0.3) is 0 Å². The van der Waals surface area contributed by atoms with E-state index in [1.54, 1.807) is 0 Å².